The van der Waals surface area contributed by atoms with Gasteiger partial charge in [-0.15, -0.1) is 0 Å². The Morgan fingerprint density at radius 3 is 2.36 bits per heavy atom. The van der Waals surface area contributed by atoms with Crippen LogP contribution in [-0.2, 0) is 9.47 Å². The van der Waals surface area contributed by atoms with Crippen molar-refractivity contribution in [3.63, 3.8) is 0 Å². The third-order valence-electron chi connectivity index (χ3n) is 2.47. The number of benzene rings is 1. The Hall–Kier alpha value is -2.68. The lowest BCUT2D eigenvalue weighted by Crippen LogP contribution is -2.44. The summed E-state index contributed by atoms with van der Waals surface area (Å²) in [6, 6.07) is 5.35. The molecule has 0 aliphatic rings. The summed E-state index contributed by atoms with van der Waals surface area (Å²) in [5.41, 5.74) is 0.305. The first-order valence-electron chi connectivity index (χ1n) is 6.14. The summed E-state index contributed by atoms with van der Waals surface area (Å²) in [7, 11) is 2.26. The van der Waals surface area contributed by atoms with Crippen LogP contribution in [0.25, 0.3) is 0 Å². The molecule has 0 aliphatic carbocycles. The fraction of sp³-hybridized carbons (Fsp3) is 0.308. The van der Waals surface area contributed by atoms with Crippen molar-refractivity contribution < 1.29 is 28.6 Å². The van der Waals surface area contributed by atoms with Gasteiger partial charge in [0.25, 0.3) is 0 Å². The van der Waals surface area contributed by atoms with E-state index in [2.05, 4.69) is 25.1 Å². The van der Waals surface area contributed by atoms with Crippen molar-refractivity contribution in [3.05, 3.63) is 35.6 Å². The number of nitrogens with zero attached hydrogens (tertiary/aromatic N) is 1. The number of carbonyl (C=O) groups excluding carboxylic acids is 2. The van der Waals surface area contributed by atoms with Gasteiger partial charge in [0, 0.05) is 0 Å². The predicted octanol–water partition coefficient (Wildman–Crippen LogP) is 0.927. The number of rotatable bonds is 3. The predicted molar refractivity (Wildman–Crippen MR) is 74.7 cm³/mol. The second-order valence-corrected chi connectivity index (χ2v) is 3.99. The molecule has 0 saturated heterocycles. The topological polar surface area (TPSA) is 109 Å². The molecule has 9 heteroatoms. The van der Waals surface area contributed by atoms with Gasteiger partial charge in [-0.05, 0) is 17.7 Å². The summed E-state index contributed by atoms with van der Waals surface area (Å²) < 4.78 is 21.8. The number of guanidine groups is 1. The molecule has 0 aliphatic heterocycles. The van der Waals surface area contributed by atoms with E-state index in [1.54, 1.807) is 0 Å². The smallest absolute Gasteiger partial charge is 0.413 e. The Morgan fingerprint density at radius 2 is 1.86 bits per heavy atom. The molecule has 1 aromatic rings. The number of nitrogens with one attached hydrogen (secondary N) is 2. The Balaban J connectivity index is 2.77. The highest BCUT2D eigenvalue weighted by molar-refractivity contribution is 6.01. The van der Waals surface area contributed by atoms with Gasteiger partial charge in [0.2, 0.25) is 5.96 Å². The van der Waals surface area contributed by atoms with Crippen molar-refractivity contribution >= 4 is 18.1 Å². The van der Waals surface area contributed by atoms with E-state index >= 15 is 0 Å². The maximum atomic E-state index is 13.1. The van der Waals surface area contributed by atoms with Gasteiger partial charge in [0.05, 0.1) is 26.9 Å². The Kier molecular flexibility index (Phi) is 6.77. The van der Waals surface area contributed by atoms with E-state index in [1.165, 1.54) is 18.2 Å². The van der Waals surface area contributed by atoms with E-state index in [1.807, 2.05) is 0 Å². The van der Waals surface area contributed by atoms with Crippen LogP contribution in [0.4, 0.5) is 14.0 Å². The molecule has 0 spiro atoms. The fourth-order valence-corrected chi connectivity index (χ4v) is 1.40. The van der Waals surface area contributed by atoms with Crippen LogP contribution in [0.15, 0.2) is 29.3 Å². The summed E-state index contributed by atoms with van der Waals surface area (Å²) >= 11 is 0. The molecule has 3 N–H and O–H groups in total. The molecule has 1 atom stereocenters. The number of aliphatic imine (C=N–C) groups is 1. The summed E-state index contributed by atoms with van der Waals surface area (Å²) in [4.78, 5) is 26.1. The minimum Gasteiger partial charge on any atom is -0.453 e. The highest BCUT2D eigenvalue weighted by Crippen LogP contribution is 2.14. The second kappa shape index (κ2) is 8.57. The first-order chi connectivity index (χ1) is 10.5. The van der Waals surface area contributed by atoms with Gasteiger partial charge < -0.3 is 14.6 Å². The number of amides is 2. The zero-order chi connectivity index (χ0) is 16.5. The van der Waals surface area contributed by atoms with Crippen molar-refractivity contribution in [3.8, 4) is 0 Å². The number of methoxy groups -OCH3 is 2. The number of carbonyl (C=O) groups is 2. The zero-order valence-corrected chi connectivity index (χ0v) is 12.0. The molecule has 0 aromatic heterocycles. The number of alkyl carbamates (subject to hydrolysis) is 2. The van der Waals surface area contributed by atoms with Crippen LogP contribution in [0.5, 0.6) is 0 Å². The highest BCUT2D eigenvalue weighted by Gasteiger charge is 2.12. The molecule has 8 nitrogen and oxygen atoms in total. The monoisotopic (exact) mass is 313 g/mol. The standard InChI is InChI=1S/C13H16FN3O5/c1-21-12(19)16-11(17-13(20)22-2)15-7-10(18)8-4-3-5-9(14)6-8/h3-6,10,18H,7H2,1-2H3,(H2,15,16,17,19,20). The number of halogens is 1. The van der Waals surface area contributed by atoms with E-state index in [0.29, 0.717) is 5.56 Å². The van der Waals surface area contributed by atoms with Crippen molar-refractivity contribution in [2.75, 3.05) is 20.8 Å². The summed E-state index contributed by atoms with van der Waals surface area (Å²) in [5.74, 6) is -0.768. The van der Waals surface area contributed by atoms with Crippen LogP contribution < -0.4 is 10.6 Å². The van der Waals surface area contributed by atoms with Crippen LogP contribution in [0.2, 0.25) is 0 Å². The Labute approximate surface area is 125 Å². The molecular formula is C13H16FN3O5. The number of aliphatic hydroxyl groups is 1. The average Bonchev–Trinajstić information content (AvgIpc) is 2.51. The van der Waals surface area contributed by atoms with Crippen LogP contribution in [0.3, 0.4) is 0 Å². The molecular weight excluding hydrogens is 297 g/mol. The zero-order valence-electron chi connectivity index (χ0n) is 12.0. The molecule has 1 unspecified atom stereocenters. The lowest BCUT2D eigenvalue weighted by molar-refractivity contribution is 0.172. The number of hydrogen-bond donors (Lipinski definition) is 3. The summed E-state index contributed by atoms with van der Waals surface area (Å²) in [5, 5.41) is 14.2. The molecule has 0 saturated carbocycles. The summed E-state index contributed by atoms with van der Waals surface area (Å²) in [6.45, 7) is -0.229. The van der Waals surface area contributed by atoms with E-state index in [4.69, 9.17) is 0 Å². The van der Waals surface area contributed by atoms with Gasteiger partial charge >= 0.3 is 12.2 Å². The normalized spacial score (nSPS) is 11.1. The van der Waals surface area contributed by atoms with Gasteiger partial charge in [0.1, 0.15) is 5.82 Å². The molecule has 0 heterocycles. The van der Waals surface area contributed by atoms with E-state index in [0.717, 1.165) is 20.3 Å². The Morgan fingerprint density at radius 1 is 1.27 bits per heavy atom. The van der Waals surface area contributed by atoms with E-state index < -0.39 is 24.1 Å². The number of ether oxygens (including phenoxy) is 2. The van der Waals surface area contributed by atoms with Crippen LogP contribution in [0, 0.1) is 5.82 Å². The number of aliphatic hydroxyl groups excluding tert-OH is 1. The first kappa shape index (κ1) is 17.4. The van der Waals surface area contributed by atoms with Crippen LogP contribution in [0.1, 0.15) is 11.7 Å². The van der Waals surface area contributed by atoms with Gasteiger partial charge in [-0.2, -0.15) is 0 Å². The third-order valence-corrected chi connectivity index (χ3v) is 2.47. The third kappa shape index (κ3) is 5.75. The quantitative estimate of drug-likeness (QED) is 0.568. The molecule has 1 rings (SSSR count). The average molecular weight is 313 g/mol. The van der Waals surface area contributed by atoms with Gasteiger partial charge in [-0.3, -0.25) is 10.6 Å². The largest absolute Gasteiger partial charge is 0.453 e. The van der Waals surface area contributed by atoms with Crippen LogP contribution >= 0.6 is 0 Å². The van der Waals surface area contributed by atoms with E-state index in [9.17, 15) is 19.1 Å². The second-order valence-electron chi connectivity index (χ2n) is 3.99. The lowest BCUT2D eigenvalue weighted by Gasteiger charge is -2.11. The van der Waals surface area contributed by atoms with Crippen molar-refractivity contribution in [1.29, 1.82) is 0 Å². The minimum absolute atomic E-state index is 0.229. The van der Waals surface area contributed by atoms with Gasteiger partial charge in [0.15, 0.2) is 0 Å². The molecule has 0 radical (unpaired) electrons. The van der Waals surface area contributed by atoms with Crippen LogP contribution in [-0.4, -0.2) is 44.0 Å². The molecule has 1 aromatic carbocycles. The van der Waals surface area contributed by atoms with Crippen molar-refractivity contribution in [1.82, 2.24) is 10.6 Å². The van der Waals surface area contributed by atoms with E-state index in [-0.39, 0.29) is 12.5 Å². The van der Waals surface area contributed by atoms with Crippen molar-refractivity contribution in [2.24, 2.45) is 4.99 Å². The molecule has 22 heavy (non-hydrogen) atoms. The minimum atomic E-state index is -1.12. The molecule has 0 fully saturated rings. The maximum Gasteiger partial charge on any atom is 0.413 e. The summed E-state index contributed by atoms with van der Waals surface area (Å²) in [6.07, 6.45) is -2.85. The lowest BCUT2D eigenvalue weighted by atomic mass is 10.1. The highest BCUT2D eigenvalue weighted by atomic mass is 19.1. The molecule has 2 amide bonds. The first-order valence-corrected chi connectivity index (χ1v) is 6.14. The van der Waals surface area contributed by atoms with Gasteiger partial charge in [-0.25, -0.2) is 19.0 Å². The number of hydrogen-bond acceptors (Lipinski definition) is 6. The Bertz CT molecular complexity index is 544. The SMILES string of the molecule is COC(=O)NC(=NCC(O)c1cccc(F)c1)NC(=O)OC. The molecule has 120 valence electrons. The maximum absolute atomic E-state index is 13.1. The van der Waals surface area contributed by atoms with Crippen molar-refractivity contribution in [2.45, 2.75) is 6.10 Å². The molecule has 0 bridgehead atoms. The fourth-order valence-electron chi connectivity index (χ4n) is 1.40. The van der Waals surface area contributed by atoms with Gasteiger partial charge in [-0.1, -0.05) is 12.1 Å².